The Kier molecular flexibility index (Phi) is 6.36. The predicted molar refractivity (Wildman–Crippen MR) is 106 cm³/mol. The highest BCUT2D eigenvalue weighted by atomic mass is 79.9. The zero-order chi connectivity index (χ0) is 19.2. The monoisotopic (exact) mass is 452 g/mol. The van der Waals surface area contributed by atoms with Crippen molar-refractivity contribution in [2.45, 2.75) is 20.1 Å². The zero-order valence-electron chi connectivity index (χ0n) is 14.5. The highest BCUT2D eigenvalue weighted by molar-refractivity contribution is 9.10. The van der Waals surface area contributed by atoms with Crippen LogP contribution in [0.25, 0.3) is 0 Å². The lowest BCUT2D eigenvalue weighted by molar-refractivity contribution is 0.269. The molecule has 3 rings (SSSR count). The van der Waals surface area contributed by atoms with Crippen molar-refractivity contribution in [3.63, 3.8) is 0 Å². The van der Waals surface area contributed by atoms with Gasteiger partial charge in [-0.3, -0.25) is 0 Å². The number of nitrogens with zero attached hydrogens (tertiary/aromatic N) is 4. The van der Waals surface area contributed by atoms with E-state index in [1.807, 2.05) is 43.3 Å². The Bertz CT molecular complexity index is 920. The molecule has 0 radical (unpaired) electrons. The van der Waals surface area contributed by atoms with E-state index in [0.29, 0.717) is 36.3 Å². The van der Waals surface area contributed by atoms with Gasteiger partial charge in [0.15, 0.2) is 11.5 Å². The van der Waals surface area contributed by atoms with E-state index in [2.05, 4.69) is 36.9 Å². The van der Waals surface area contributed by atoms with Gasteiger partial charge in [-0.1, -0.05) is 50.8 Å². The minimum absolute atomic E-state index is 0.177. The number of hydrogen-bond acceptors (Lipinski definition) is 7. The molecule has 0 spiro atoms. The summed E-state index contributed by atoms with van der Waals surface area (Å²) in [5, 5.41) is 11.5. The second kappa shape index (κ2) is 8.92. The summed E-state index contributed by atoms with van der Waals surface area (Å²) >= 11 is 9.76. The molecule has 0 aliphatic heterocycles. The van der Waals surface area contributed by atoms with Crippen molar-refractivity contribution < 1.29 is 9.47 Å². The minimum Gasteiger partial charge on any atom is -0.490 e. The summed E-state index contributed by atoms with van der Waals surface area (Å²) in [5.41, 5.74) is 10.5. The van der Waals surface area contributed by atoms with E-state index in [9.17, 15) is 0 Å². The number of tetrazole rings is 1. The normalized spacial score (nSPS) is 10.6. The Hall–Kier alpha value is -2.52. The summed E-state index contributed by atoms with van der Waals surface area (Å²) < 4.78 is 12.5. The number of nitrogens with two attached hydrogens (primary N) is 1. The van der Waals surface area contributed by atoms with Crippen LogP contribution in [0.2, 0.25) is 5.02 Å². The molecule has 1 heterocycles. The number of nitrogen functional groups attached to an aromatic ring is 1. The van der Waals surface area contributed by atoms with Crippen molar-refractivity contribution in [2.75, 3.05) is 17.8 Å². The van der Waals surface area contributed by atoms with Gasteiger partial charge in [0.1, 0.15) is 6.61 Å². The predicted octanol–water partition coefficient (Wildman–Crippen LogP) is 3.39. The number of benzene rings is 2. The number of anilines is 1. The molecular weight excluding hydrogens is 436 g/mol. The van der Waals surface area contributed by atoms with Crippen molar-refractivity contribution in [3.05, 3.63) is 57.0 Å². The SMILES string of the molecule is CCOc1cc(CNn2nnnc2N)c(Br)cc1OCc1ccccc1Cl. The van der Waals surface area contributed by atoms with Crippen LogP contribution in [-0.2, 0) is 13.2 Å². The van der Waals surface area contributed by atoms with Crippen molar-refractivity contribution in [3.8, 4) is 11.5 Å². The molecule has 0 atom stereocenters. The van der Waals surface area contributed by atoms with Gasteiger partial charge >= 0.3 is 0 Å². The lowest BCUT2D eigenvalue weighted by Gasteiger charge is -2.16. The molecule has 0 amide bonds. The van der Waals surface area contributed by atoms with E-state index in [0.717, 1.165) is 15.6 Å². The zero-order valence-corrected chi connectivity index (χ0v) is 16.9. The molecule has 0 saturated carbocycles. The van der Waals surface area contributed by atoms with E-state index in [1.54, 1.807) is 0 Å². The Labute approximate surface area is 169 Å². The molecule has 10 heteroatoms. The third-order valence-corrected chi connectivity index (χ3v) is 4.77. The maximum absolute atomic E-state index is 6.19. The first-order chi connectivity index (χ1) is 13.1. The van der Waals surface area contributed by atoms with E-state index in [4.69, 9.17) is 26.8 Å². The Morgan fingerprint density at radius 1 is 1.19 bits per heavy atom. The van der Waals surface area contributed by atoms with Gasteiger partial charge in [0.25, 0.3) is 5.95 Å². The first-order valence-electron chi connectivity index (χ1n) is 8.17. The van der Waals surface area contributed by atoms with Crippen molar-refractivity contribution in [1.29, 1.82) is 0 Å². The van der Waals surface area contributed by atoms with Gasteiger partial charge in [-0.15, -0.1) is 4.79 Å². The maximum atomic E-state index is 6.19. The second-order valence-electron chi connectivity index (χ2n) is 5.49. The molecule has 2 aromatic carbocycles. The van der Waals surface area contributed by atoms with E-state index in [-0.39, 0.29) is 5.95 Å². The lowest BCUT2D eigenvalue weighted by Crippen LogP contribution is -2.18. The highest BCUT2D eigenvalue weighted by Crippen LogP contribution is 2.35. The van der Waals surface area contributed by atoms with Crippen LogP contribution in [0.15, 0.2) is 40.9 Å². The number of nitrogens with one attached hydrogen (secondary N) is 1. The second-order valence-corrected chi connectivity index (χ2v) is 6.75. The minimum atomic E-state index is 0.177. The molecule has 3 aromatic rings. The number of aromatic nitrogens is 4. The quantitative estimate of drug-likeness (QED) is 0.539. The summed E-state index contributed by atoms with van der Waals surface area (Å²) in [7, 11) is 0. The largest absolute Gasteiger partial charge is 0.490 e. The van der Waals surface area contributed by atoms with Crippen LogP contribution in [0, 0.1) is 0 Å². The van der Waals surface area contributed by atoms with Gasteiger partial charge in [-0.05, 0) is 41.1 Å². The third kappa shape index (κ3) is 4.81. The topological polar surface area (TPSA) is 100 Å². The number of rotatable bonds is 8. The van der Waals surface area contributed by atoms with Gasteiger partial charge in [-0.2, -0.15) is 0 Å². The average molecular weight is 454 g/mol. The van der Waals surface area contributed by atoms with Crippen molar-refractivity contribution >= 4 is 33.5 Å². The fourth-order valence-electron chi connectivity index (χ4n) is 2.33. The summed E-state index contributed by atoms with van der Waals surface area (Å²) in [6, 6.07) is 11.3. The Morgan fingerprint density at radius 3 is 2.67 bits per heavy atom. The number of hydrogen-bond donors (Lipinski definition) is 2. The maximum Gasteiger partial charge on any atom is 0.260 e. The smallest absolute Gasteiger partial charge is 0.260 e. The first-order valence-corrected chi connectivity index (χ1v) is 9.34. The lowest BCUT2D eigenvalue weighted by atomic mass is 10.2. The van der Waals surface area contributed by atoms with E-state index >= 15 is 0 Å². The molecular formula is C17H18BrClN6O2. The molecule has 1 aromatic heterocycles. The Morgan fingerprint density at radius 2 is 1.96 bits per heavy atom. The summed E-state index contributed by atoms with van der Waals surface area (Å²) in [6.07, 6.45) is 0. The summed E-state index contributed by atoms with van der Waals surface area (Å²) in [5.74, 6) is 1.43. The molecule has 8 nitrogen and oxygen atoms in total. The molecule has 0 aliphatic rings. The van der Waals surface area contributed by atoms with Gasteiger partial charge in [0.2, 0.25) is 0 Å². The summed E-state index contributed by atoms with van der Waals surface area (Å²) in [4.78, 5) is 1.30. The molecule has 3 N–H and O–H groups in total. The Balaban J connectivity index is 1.77. The van der Waals surface area contributed by atoms with Crippen LogP contribution in [0.4, 0.5) is 5.95 Å². The van der Waals surface area contributed by atoms with Crippen molar-refractivity contribution in [2.24, 2.45) is 0 Å². The molecule has 0 unspecified atom stereocenters. The molecule has 0 saturated heterocycles. The molecule has 27 heavy (non-hydrogen) atoms. The fourth-order valence-corrected chi connectivity index (χ4v) is 2.98. The van der Waals surface area contributed by atoms with Gasteiger partial charge in [0, 0.05) is 15.1 Å². The molecule has 0 fully saturated rings. The average Bonchev–Trinajstić information content (AvgIpc) is 3.06. The van der Waals surface area contributed by atoms with Gasteiger partial charge in [-0.25, -0.2) is 0 Å². The van der Waals surface area contributed by atoms with Crippen LogP contribution in [0.1, 0.15) is 18.1 Å². The van der Waals surface area contributed by atoms with Crippen LogP contribution in [-0.4, -0.2) is 26.9 Å². The molecule has 0 bridgehead atoms. The third-order valence-electron chi connectivity index (χ3n) is 3.67. The number of ether oxygens (including phenoxy) is 2. The fraction of sp³-hybridized carbons (Fsp3) is 0.235. The first kappa shape index (κ1) is 19.2. The van der Waals surface area contributed by atoms with Crippen LogP contribution in [0.3, 0.4) is 0 Å². The van der Waals surface area contributed by atoms with Gasteiger partial charge in [0.05, 0.1) is 13.2 Å². The number of halogens is 2. The summed E-state index contributed by atoms with van der Waals surface area (Å²) in [6.45, 7) is 3.20. The standard InChI is InChI=1S/C17H18BrClN6O2/c1-2-26-15-7-12(9-21-25-17(20)22-23-24-25)13(18)8-16(15)27-10-11-5-3-4-6-14(11)19/h3-8,21H,2,9-10H2,1H3,(H2,20,22,24). The van der Waals surface area contributed by atoms with Crippen LogP contribution >= 0.6 is 27.5 Å². The van der Waals surface area contributed by atoms with E-state index < -0.39 is 0 Å². The van der Waals surface area contributed by atoms with E-state index in [1.165, 1.54) is 4.79 Å². The highest BCUT2D eigenvalue weighted by Gasteiger charge is 2.12. The molecule has 0 aliphatic carbocycles. The molecule has 142 valence electrons. The van der Waals surface area contributed by atoms with Crippen molar-refractivity contribution in [1.82, 2.24) is 20.3 Å². The van der Waals surface area contributed by atoms with Crippen LogP contribution in [0.5, 0.6) is 11.5 Å². The van der Waals surface area contributed by atoms with Gasteiger partial charge < -0.3 is 20.6 Å². The van der Waals surface area contributed by atoms with Crippen LogP contribution < -0.4 is 20.6 Å².